The van der Waals surface area contributed by atoms with E-state index in [4.69, 9.17) is 27.9 Å². The Bertz CT molecular complexity index is 1260. The Morgan fingerprint density at radius 1 is 1.06 bits per heavy atom. The first-order chi connectivity index (χ1) is 16.1. The number of nitrogens with zero attached hydrogens (tertiary/aromatic N) is 1. The molecule has 0 bridgehead atoms. The van der Waals surface area contributed by atoms with Crippen molar-refractivity contribution in [2.45, 2.75) is 31.3 Å². The SMILES string of the molecule is COc1ccccc1[C@@H](C)NC(=O)CN(Cc1ccc(Cl)cc1Cl)S(=O)(=O)c1ccc(C)cc1. The van der Waals surface area contributed by atoms with Gasteiger partial charge in [-0.1, -0.05) is 65.2 Å². The number of halogens is 2. The van der Waals surface area contributed by atoms with Gasteiger partial charge in [-0.15, -0.1) is 0 Å². The van der Waals surface area contributed by atoms with Gasteiger partial charge < -0.3 is 10.1 Å². The van der Waals surface area contributed by atoms with Crippen LogP contribution in [0.2, 0.25) is 10.0 Å². The lowest BCUT2D eigenvalue weighted by molar-refractivity contribution is -0.122. The monoisotopic (exact) mass is 520 g/mol. The molecule has 3 aromatic carbocycles. The first-order valence-electron chi connectivity index (χ1n) is 10.5. The lowest BCUT2D eigenvalue weighted by Crippen LogP contribution is -2.41. The van der Waals surface area contributed by atoms with Gasteiger partial charge in [0.2, 0.25) is 15.9 Å². The normalized spacial score (nSPS) is 12.4. The van der Waals surface area contributed by atoms with Crippen molar-refractivity contribution in [3.05, 3.63) is 93.5 Å². The van der Waals surface area contributed by atoms with Crippen molar-refractivity contribution in [3.8, 4) is 5.75 Å². The maximum atomic E-state index is 13.5. The topological polar surface area (TPSA) is 75.7 Å². The zero-order valence-corrected chi connectivity index (χ0v) is 21.4. The fourth-order valence-electron chi connectivity index (χ4n) is 3.47. The molecule has 0 heterocycles. The van der Waals surface area contributed by atoms with Crippen LogP contribution in [0.25, 0.3) is 0 Å². The number of carbonyl (C=O) groups is 1. The standard InChI is InChI=1S/C25H26Cl2N2O4S/c1-17-8-12-21(13-9-17)34(31,32)29(15-19-10-11-20(26)14-23(19)27)16-25(30)28-18(2)22-6-4-5-7-24(22)33-3/h4-14,18H,15-16H2,1-3H3,(H,28,30)/t18-/m1/s1. The summed E-state index contributed by atoms with van der Waals surface area (Å²) in [5, 5.41) is 3.62. The second-order valence-electron chi connectivity index (χ2n) is 7.85. The van der Waals surface area contributed by atoms with Crippen molar-refractivity contribution >= 4 is 39.1 Å². The summed E-state index contributed by atoms with van der Waals surface area (Å²) in [6.07, 6.45) is 0. The van der Waals surface area contributed by atoms with Crippen LogP contribution in [0.5, 0.6) is 5.75 Å². The number of hydrogen-bond acceptors (Lipinski definition) is 4. The Hall–Kier alpha value is -2.58. The molecule has 0 aliphatic carbocycles. The number of sulfonamides is 1. The van der Waals surface area contributed by atoms with E-state index >= 15 is 0 Å². The summed E-state index contributed by atoms with van der Waals surface area (Å²) in [7, 11) is -2.44. The number of amides is 1. The molecule has 0 unspecified atom stereocenters. The summed E-state index contributed by atoms with van der Waals surface area (Å²) in [6.45, 7) is 3.19. The van der Waals surface area contributed by atoms with Crippen LogP contribution < -0.4 is 10.1 Å². The summed E-state index contributed by atoms with van der Waals surface area (Å²) in [5.41, 5.74) is 2.24. The van der Waals surface area contributed by atoms with Crippen LogP contribution in [0, 0.1) is 6.92 Å². The number of para-hydroxylation sites is 1. The third-order valence-electron chi connectivity index (χ3n) is 5.32. The molecule has 3 rings (SSSR count). The number of methoxy groups -OCH3 is 1. The molecule has 0 aliphatic heterocycles. The Kier molecular flexibility index (Phi) is 8.60. The number of carbonyl (C=O) groups excluding carboxylic acids is 1. The fourth-order valence-corrected chi connectivity index (χ4v) is 5.32. The third-order valence-corrected chi connectivity index (χ3v) is 7.72. The van der Waals surface area contributed by atoms with Gasteiger partial charge in [0.25, 0.3) is 0 Å². The minimum atomic E-state index is -4.00. The number of nitrogens with one attached hydrogen (secondary N) is 1. The van der Waals surface area contributed by atoms with Gasteiger partial charge in [-0.3, -0.25) is 4.79 Å². The minimum absolute atomic E-state index is 0.0914. The predicted octanol–water partition coefficient (Wildman–Crippen LogP) is 5.38. The van der Waals surface area contributed by atoms with E-state index in [1.54, 1.807) is 43.5 Å². The van der Waals surface area contributed by atoms with Crippen LogP contribution in [-0.2, 0) is 21.4 Å². The smallest absolute Gasteiger partial charge is 0.243 e. The summed E-state index contributed by atoms with van der Waals surface area (Å²) in [4.78, 5) is 13.1. The number of benzene rings is 3. The van der Waals surface area contributed by atoms with Crippen molar-refractivity contribution in [2.24, 2.45) is 0 Å². The Morgan fingerprint density at radius 2 is 1.74 bits per heavy atom. The molecular weight excluding hydrogens is 495 g/mol. The van der Waals surface area contributed by atoms with Crippen LogP contribution in [-0.4, -0.2) is 32.3 Å². The first kappa shape index (κ1) is 26.0. The number of rotatable bonds is 9. The molecule has 0 spiro atoms. The lowest BCUT2D eigenvalue weighted by Gasteiger charge is -2.24. The largest absolute Gasteiger partial charge is 0.496 e. The molecule has 0 fully saturated rings. The molecule has 1 atom stereocenters. The average molecular weight is 521 g/mol. The summed E-state index contributed by atoms with van der Waals surface area (Å²) < 4.78 is 33.4. The van der Waals surface area contributed by atoms with Crippen molar-refractivity contribution < 1.29 is 17.9 Å². The molecule has 0 saturated heterocycles. The van der Waals surface area contributed by atoms with E-state index in [0.29, 0.717) is 21.4 Å². The van der Waals surface area contributed by atoms with Crippen molar-refractivity contribution in [1.82, 2.24) is 9.62 Å². The van der Waals surface area contributed by atoms with Crippen LogP contribution >= 0.6 is 23.2 Å². The molecule has 0 radical (unpaired) electrons. The van der Waals surface area contributed by atoms with Crippen molar-refractivity contribution in [1.29, 1.82) is 0 Å². The van der Waals surface area contributed by atoms with E-state index < -0.39 is 28.5 Å². The van der Waals surface area contributed by atoms with Gasteiger partial charge in [0.15, 0.2) is 0 Å². The molecule has 34 heavy (non-hydrogen) atoms. The first-order valence-corrected chi connectivity index (χ1v) is 12.7. The van der Waals surface area contributed by atoms with Crippen LogP contribution in [0.1, 0.15) is 29.7 Å². The van der Waals surface area contributed by atoms with Gasteiger partial charge in [-0.25, -0.2) is 8.42 Å². The molecule has 0 aliphatic rings. The molecular formula is C25H26Cl2N2O4S. The summed E-state index contributed by atoms with van der Waals surface area (Å²) >= 11 is 12.3. The van der Waals surface area contributed by atoms with E-state index in [0.717, 1.165) is 15.4 Å². The number of aryl methyl sites for hydroxylation is 1. The summed E-state index contributed by atoms with van der Waals surface area (Å²) in [6, 6.07) is 18.2. The molecule has 6 nitrogen and oxygen atoms in total. The highest BCUT2D eigenvalue weighted by Gasteiger charge is 2.28. The van der Waals surface area contributed by atoms with Gasteiger partial charge >= 0.3 is 0 Å². The van der Waals surface area contributed by atoms with Gasteiger partial charge in [0.1, 0.15) is 5.75 Å². The average Bonchev–Trinajstić information content (AvgIpc) is 2.80. The van der Waals surface area contributed by atoms with Gasteiger partial charge in [0, 0.05) is 22.2 Å². The minimum Gasteiger partial charge on any atom is -0.496 e. The maximum Gasteiger partial charge on any atom is 0.243 e. The molecule has 1 N–H and O–H groups in total. The van der Waals surface area contributed by atoms with E-state index in [1.807, 2.05) is 32.0 Å². The Labute approximate surface area is 210 Å². The van der Waals surface area contributed by atoms with Crippen LogP contribution in [0.4, 0.5) is 0 Å². The van der Waals surface area contributed by atoms with Gasteiger partial charge in [-0.05, 0) is 49.7 Å². The zero-order chi connectivity index (χ0) is 24.9. The Balaban J connectivity index is 1.88. The number of hydrogen-bond donors (Lipinski definition) is 1. The molecule has 9 heteroatoms. The zero-order valence-electron chi connectivity index (χ0n) is 19.1. The molecule has 3 aromatic rings. The molecule has 180 valence electrons. The Morgan fingerprint density at radius 3 is 2.38 bits per heavy atom. The van der Waals surface area contributed by atoms with Gasteiger partial charge in [-0.2, -0.15) is 4.31 Å². The van der Waals surface area contributed by atoms with Crippen LogP contribution in [0.15, 0.2) is 71.6 Å². The van der Waals surface area contributed by atoms with E-state index in [1.165, 1.54) is 12.1 Å². The highest BCUT2D eigenvalue weighted by atomic mass is 35.5. The molecule has 0 saturated carbocycles. The number of ether oxygens (including phenoxy) is 1. The van der Waals surface area contributed by atoms with Crippen molar-refractivity contribution in [2.75, 3.05) is 13.7 Å². The molecule has 0 aromatic heterocycles. The van der Waals surface area contributed by atoms with E-state index in [-0.39, 0.29) is 11.4 Å². The predicted molar refractivity (Wildman–Crippen MR) is 135 cm³/mol. The van der Waals surface area contributed by atoms with Gasteiger partial charge in [0.05, 0.1) is 24.6 Å². The highest BCUT2D eigenvalue weighted by Crippen LogP contribution is 2.27. The fraction of sp³-hybridized carbons (Fsp3) is 0.240. The van der Waals surface area contributed by atoms with Crippen LogP contribution in [0.3, 0.4) is 0 Å². The van der Waals surface area contributed by atoms with E-state index in [2.05, 4.69) is 5.32 Å². The van der Waals surface area contributed by atoms with Crippen molar-refractivity contribution in [3.63, 3.8) is 0 Å². The quantitative estimate of drug-likeness (QED) is 0.411. The maximum absolute atomic E-state index is 13.5. The summed E-state index contributed by atoms with van der Waals surface area (Å²) in [5.74, 6) is 0.173. The second kappa shape index (κ2) is 11.2. The lowest BCUT2D eigenvalue weighted by atomic mass is 10.1. The third kappa shape index (κ3) is 6.30. The highest BCUT2D eigenvalue weighted by molar-refractivity contribution is 7.89. The second-order valence-corrected chi connectivity index (χ2v) is 10.6. The molecule has 1 amide bonds. The van der Waals surface area contributed by atoms with E-state index in [9.17, 15) is 13.2 Å².